The van der Waals surface area contributed by atoms with Crippen molar-refractivity contribution in [2.45, 2.75) is 50.7 Å². The van der Waals surface area contributed by atoms with Gasteiger partial charge >= 0.3 is 12.1 Å². The SMILES string of the molecule is O=C1NCCc2[nH]c(-c3ccnc(-c4ccc(N(C(=O)C(F)(F)F)C5CCCCC5)c(F)c4)c3)cc21. The van der Waals surface area contributed by atoms with Gasteiger partial charge in [0.15, 0.2) is 0 Å². The normalized spacial score (nSPS) is 16.4. The van der Waals surface area contributed by atoms with E-state index in [-0.39, 0.29) is 11.6 Å². The average molecular weight is 500 g/mol. The second kappa shape index (κ2) is 9.40. The maximum absolute atomic E-state index is 15.3. The van der Waals surface area contributed by atoms with E-state index in [0.29, 0.717) is 66.1 Å². The number of alkyl halides is 3. The first kappa shape index (κ1) is 24.0. The Kier molecular flexibility index (Phi) is 6.27. The van der Waals surface area contributed by atoms with Crippen molar-refractivity contribution in [1.82, 2.24) is 15.3 Å². The van der Waals surface area contributed by atoms with E-state index >= 15 is 4.39 Å². The Bertz CT molecular complexity index is 1310. The van der Waals surface area contributed by atoms with Gasteiger partial charge in [-0.1, -0.05) is 25.3 Å². The fourth-order valence-electron chi connectivity index (χ4n) is 5.01. The molecule has 1 saturated carbocycles. The highest BCUT2D eigenvalue weighted by molar-refractivity contribution is 5.99. The van der Waals surface area contributed by atoms with Crippen molar-refractivity contribution in [2.75, 3.05) is 11.4 Å². The van der Waals surface area contributed by atoms with Crippen molar-refractivity contribution in [3.8, 4) is 22.5 Å². The first-order valence-electron chi connectivity index (χ1n) is 11.9. The molecule has 188 valence electrons. The van der Waals surface area contributed by atoms with E-state index in [0.717, 1.165) is 23.7 Å². The zero-order valence-corrected chi connectivity index (χ0v) is 19.3. The van der Waals surface area contributed by atoms with Gasteiger partial charge in [0.05, 0.1) is 16.9 Å². The molecule has 1 fully saturated rings. The Morgan fingerprint density at radius 1 is 1.03 bits per heavy atom. The molecular weight excluding hydrogens is 476 g/mol. The van der Waals surface area contributed by atoms with Gasteiger partial charge in [0.1, 0.15) is 5.82 Å². The molecule has 2 N–H and O–H groups in total. The van der Waals surface area contributed by atoms with Crippen LogP contribution < -0.4 is 10.2 Å². The molecule has 0 bridgehead atoms. The molecule has 0 saturated heterocycles. The lowest BCUT2D eigenvalue weighted by Crippen LogP contribution is -2.48. The molecular formula is C26H24F4N4O2. The van der Waals surface area contributed by atoms with Crippen LogP contribution in [0.25, 0.3) is 22.5 Å². The Balaban J connectivity index is 1.47. The summed E-state index contributed by atoms with van der Waals surface area (Å²) in [7, 11) is 0. The van der Waals surface area contributed by atoms with Gasteiger partial charge in [-0.25, -0.2) is 4.39 Å². The van der Waals surface area contributed by atoms with Gasteiger partial charge in [-0.15, -0.1) is 0 Å². The molecule has 36 heavy (non-hydrogen) atoms. The third kappa shape index (κ3) is 4.59. The van der Waals surface area contributed by atoms with Crippen LogP contribution >= 0.6 is 0 Å². The first-order valence-corrected chi connectivity index (χ1v) is 11.9. The number of halogens is 4. The van der Waals surface area contributed by atoms with Crippen molar-refractivity contribution < 1.29 is 27.2 Å². The van der Waals surface area contributed by atoms with E-state index in [2.05, 4.69) is 15.3 Å². The highest BCUT2D eigenvalue weighted by Gasteiger charge is 2.46. The van der Waals surface area contributed by atoms with Crippen LogP contribution in [0.1, 0.15) is 48.2 Å². The van der Waals surface area contributed by atoms with Gasteiger partial charge in [-0.2, -0.15) is 13.2 Å². The molecule has 10 heteroatoms. The van der Waals surface area contributed by atoms with Crippen LogP contribution in [-0.2, 0) is 11.2 Å². The molecule has 0 radical (unpaired) electrons. The number of rotatable bonds is 4. The number of carbonyl (C=O) groups excluding carboxylic acids is 2. The number of aromatic nitrogens is 2. The maximum atomic E-state index is 15.3. The van der Waals surface area contributed by atoms with Crippen LogP contribution in [0.15, 0.2) is 42.6 Å². The number of hydrogen-bond donors (Lipinski definition) is 2. The Morgan fingerprint density at radius 2 is 1.81 bits per heavy atom. The molecule has 1 aliphatic carbocycles. The van der Waals surface area contributed by atoms with E-state index in [1.807, 2.05) is 0 Å². The van der Waals surface area contributed by atoms with Crippen molar-refractivity contribution in [1.29, 1.82) is 0 Å². The molecule has 2 aliphatic rings. The summed E-state index contributed by atoms with van der Waals surface area (Å²) in [5.74, 6) is -3.13. The van der Waals surface area contributed by atoms with Crippen LogP contribution in [0.3, 0.4) is 0 Å². The number of nitrogens with zero attached hydrogens (tertiary/aromatic N) is 2. The second-order valence-corrected chi connectivity index (χ2v) is 9.14. The number of anilines is 1. The predicted octanol–water partition coefficient (Wildman–Crippen LogP) is 5.40. The number of amides is 2. The van der Waals surface area contributed by atoms with E-state index in [9.17, 15) is 22.8 Å². The molecule has 6 nitrogen and oxygen atoms in total. The summed E-state index contributed by atoms with van der Waals surface area (Å²) in [6.07, 6.45) is 0.152. The molecule has 1 aromatic carbocycles. The highest BCUT2D eigenvalue weighted by atomic mass is 19.4. The van der Waals surface area contributed by atoms with Gasteiger partial charge in [-0.05, 0) is 43.2 Å². The molecule has 0 unspecified atom stereocenters. The molecule has 2 aromatic heterocycles. The summed E-state index contributed by atoms with van der Waals surface area (Å²) < 4.78 is 55.4. The Morgan fingerprint density at radius 3 is 2.50 bits per heavy atom. The zero-order valence-electron chi connectivity index (χ0n) is 19.3. The zero-order chi connectivity index (χ0) is 25.4. The fourth-order valence-corrected chi connectivity index (χ4v) is 5.01. The summed E-state index contributed by atoms with van der Waals surface area (Å²) in [5.41, 5.74) is 3.21. The van der Waals surface area contributed by atoms with Crippen LogP contribution in [0.5, 0.6) is 0 Å². The number of nitrogens with one attached hydrogen (secondary N) is 2. The lowest BCUT2D eigenvalue weighted by atomic mass is 9.93. The number of benzene rings is 1. The van der Waals surface area contributed by atoms with Crippen LogP contribution in [-0.4, -0.2) is 40.5 Å². The van der Waals surface area contributed by atoms with E-state index < -0.39 is 23.9 Å². The number of carbonyl (C=O) groups is 2. The van der Waals surface area contributed by atoms with Crippen molar-refractivity contribution in [3.05, 3.63) is 59.7 Å². The summed E-state index contributed by atoms with van der Waals surface area (Å²) in [6, 6.07) is 8.29. The fraction of sp³-hybridized carbons (Fsp3) is 0.346. The van der Waals surface area contributed by atoms with E-state index in [1.165, 1.54) is 18.3 Å². The molecule has 0 spiro atoms. The molecule has 3 aromatic rings. The highest BCUT2D eigenvalue weighted by Crippen LogP contribution is 2.35. The smallest absolute Gasteiger partial charge is 0.358 e. The third-order valence-electron chi connectivity index (χ3n) is 6.78. The first-order chi connectivity index (χ1) is 17.2. The molecule has 0 atom stereocenters. The minimum Gasteiger partial charge on any atom is -0.358 e. The van der Waals surface area contributed by atoms with Gasteiger partial charge in [0.2, 0.25) is 0 Å². The molecule has 3 heterocycles. The number of H-pyrrole nitrogens is 1. The number of pyridine rings is 1. The van der Waals surface area contributed by atoms with Crippen molar-refractivity contribution in [2.24, 2.45) is 0 Å². The predicted molar refractivity (Wildman–Crippen MR) is 126 cm³/mol. The number of aromatic amines is 1. The second-order valence-electron chi connectivity index (χ2n) is 9.14. The van der Waals surface area contributed by atoms with Crippen LogP contribution in [0, 0.1) is 5.82 Å². The average Bonchev–Trinajstić information content (AvgIpc) is 3.31. The number of hydrogen-bond acceptors (Lipinski definition) is 3. The summed E-state index contributed by atoms with van der Waals surface area (Å²) in [6.45, 7) is 0.549. The topological polar surface area (TPSA) is 78.1 Å². The summed E-state index contributed by atoms with van der Waals surface area (Å²) in [5, 5.41) is 2.79. The maximum Gasteiger partial charge on any atom is 0.471 e. The Labute approximate surface area is 204 Å². The van der Waals surface area contributed by atoms with E-state index in [1.54, 1.807) is 18.2 Å². The minimum atomic E-state index is -5.11. The van der Waals surface area contributed by atoms with Crippen LogP contribution in [0.4, 0.5) is 23.2 Å². The molecule has 2 amide bonds. The summed E-state index contributed by atoms with van der Waals surface area (Å²) in [4.78, 5) is 32.5. The van der Waals surface area contributed by atoms with Crippen LogP contribution in [0.2, 0.25) is 0 Å². The monoisotopic (exact) mass is 500 g/mol. The molecule has 1 aliphatic heterocycles. The standard InChI is InChI=1S/C26H24F4N4O2/c27-19-12-15(6-7-23(19)34(25(36)26(28,29)30)17-4-2-1-3-5-17)21-13-16(8-10-31-21)22-14-18-20(33-22)9-11-32-24(18)35/h6-8,10,12-14,17,33H,1-5,9,11H2,(H,32,35). The Hall–Kier alpha value is -3.69. The quantitative estimate of drug-likeness (QED) is 0.471. The van der Waals surface area contributed by atoms with E-state index in [4.69, 9.17) is 0 Å². The largest absolute Gasteiger partial charge is 0.471 e. The van der Waals surface area contributed by atoms with Crippen molar-refractivity contribution in [3.63, 3.8) is 0 Å². The lowest BCUT2D eigenvalue weighted by Gasteiger charge is -2.35. The van der Waals surface area contributed by atoms with Gasteiger partial charge < -0.3 is 10.3 Å². The lowest BCUT2D eigenvalue weighted by molar-refractivity contribution is -0.171. The van der Waals surface area contributed by atoms with Gasteiger partial charge in [0.25, 0.3) is 5.91 Å². The molecule has 5 rings (SSSR count). The van der Waals surface area contributed by atoms with Crippen molar-refractivity contribution >= 4 is 17.5 Å². The summed E-state index contributed by atoms with van der Waals surface area (Å²) >= 11 is 0. The number of fused-ring (bicyclic) bond motifs is 1. The van der Waals surface area contributed by atoms with Gasteiger partial charge in [0, 0.05) is 47.7 Å². The van der Waals surface area contributed by atoms with Gasteiger partial charge in [-0.3, -0.25) is 19.5 Å². The third-order valence-corrected chi connectivity index (χ3v) is 6.78. The minimum absolute atomic E-state index is 0.151.